The molecule has 0 aromatic carbocycles. The van der Waals surface area contributed by atoms with Crippen molar-refractivity contribution >= 4 is 39.1 Å². The molecule has 0 saturated heterocycles. The molecular formula is C24H21F6N7O2S. The van der Waals surface area contributed by atoms with Gasteiger partial charge in [0, 0.05) is 35.3 Å². The minimum Gasteiger partial charge on any atom is -0.365 e. The predicted octanol–water partition coefficient (Wildman–Crippen LogP) is 5.42. The Bertz CT molecular complexity index is 1660. The molecule has 212 valence electrons. The van der Waals surface area contributed by atoms with Crippen molar-refractivity contribution in [2.75, 3.05) is 5.32 Å². The fourth-order valence-electron chi connectivity index (χ4n) is 4.39. The number of anilines is 1. The summed E-state index contributed by atoms with van der Waals surface area (Å²) in [6.45, 7) is 2.96. The second kappa shape index (κ2) is 9.31. The Morgan fingerprint density at radius 1 is 1.10 bits per heavy atom. The maximum atomic E-state index is 13.8. The second-order valence-corrected chi connectivity index (χ2v) is 10.5. The Morgan fingerprint density at radius 2 is 1.75 bits per heavy atom. The molecular weight excluding hydrogens is 564 g/mol. The van der Waals surface area contributed by atoms with E-state index < -0.39 is 41.6 Å². The molecule has 1 fully saturated rings. The quantitative estimate of drug-likeness (QED) is 0.293. The maximum absolute atomic E-state index is 13.8. The summed E-state index contributed by atoms with van der Waals surface area (Å²) in [5.74, 6) is -2.08. The van der Waals surface area contributed by atoms with Crippen LogP contribution in [0.1, 0.15) is 64.2 Å². The number of nitrogens with one attached hydrogen (secondary N) is 1. The molecule has 40 heavy (non-hydrogen) atoms. The van der Waals surface area contributed by atoms with Gasteiger partial charge in [0.15, 0.2) is 5.69 Å². The van der Waals surface area contributed by atoms with E-state index in [1.807, 2.05) is 0 Å². The molecule has 0 bridgehead atoms. The number of nitrogens with two attached hydrogens (primary N) is 1. The van der Waals surface area contributed by atoms with Gasteiger partial charge in [-0.15, -0.1) is 11.3 Å². The van der Waals surface area contributed by atoms with E-state index in [1.165, 1.54) is 17.8 Å². The van der Waals surface area contributed by atoms with Crippen LogP contribution in [-0.2, 0) is 24.2 Å². The molecule has 0 radical (unpaired) electrons. The van der Waals surface area contributed by atoms with E-state index in [-0.39, 0.29) is 43.5 Å². The highest BCUT2D eigenvalue weighted by Gasteiger charge is 2.40. The highest BCUT2D eigenvalue weighted by Crippen LogP contribution is 2.45. The third kappa shape index (κ3) is 4.80. The van der Waals surface area contributed by atoms with Gasteiger partial charge in [0.2, 0.25) is 5.91 Å². The lowest BCUT2D eigenvalue weighted by Gasteiger charge is -2.17. The zero-order valence-electron chi connectivity index (χ0n) is 21.1. The summed E-state index contributed by atoms with van der Waals surface area (Å²) in [7, 11) is 1.59. The summed E-state index contributed by atoms with van der Waals surface area (Å²) >= 11 is 0.560. The average Bonchev–Trinajstić information content (AvgIpc) is 3.34. The molecule has 5 rings (SSSR count). The standard InChI is InChI=1S/C24H21F6N7O2S/c1-9-13(8-32-36(9)3)12-6-15(23(25,26)27)33-22-17(12)18(19(40-22)20(31)38)34-21(39)10(2)37-14(11-4-5-11)7-16(35-37)24(28,29)30/h6-8,10-11H,4-5H2,1-3H3,(H2,31,38)(H,34,39). The third-order valence-corrected chi connectivity index (χ3v) is 7.85. The van der Waals surface area contributed by atoms with Crippen LogP contribution < -0.4 is 11.1 Å². The third-order valence-electron chi connectivity index (χ3n) is 6.75. The number of halogens is 6. The SMILES string of the molecule is Cc1c(-c2cc(C(F)(F)F)nc3sc(C(N)=O)c(NC(=O)C(C)n4nc(C(F)(F)F)cc4C4CC4)c23)cnn1C. The molecule has 4 aromatic heterocycles. The Labute approximate surface area is 226 Å². The van der Waals surface area contributed by atoms with Crippen LogP contribution in [0.3, 0.4) is 0 Å². The number of alkyl halides is 6. The van der Waals surface area contributed by atoms with Crippen molar-refractivity contribution in [1.29, 1.82) is 0 Å². The number of carbonyl (C=O) groups is 2. The topological polar surface area (TPSA) is 121 Å². The average molecular weight is 586 g/mol. The van der Waals surface area contributed by atoms with Gasteiger partial charge in [-0.2, -0.15) is 36.5 Å². The fourth-order valence-corrected chi connectivity index (χ4v) is 5.40. The number of pyridine rings is 1. The van der Waals surface area contributed by atoms with Gasteiger partial charge in [0.05, 0.1) is 11.9 Å². The van der Waals surface area contributed by atoms with Gasteiger partial charge in [0.1, 0.15) is 21.4 Å². The van der Waals surface area contributed by atoms with Crippen molar-refractivity contribution < 1.29 is 35.9 Å². The predicted molar refractivity (Wildman–Crippen MR) is 133 cm³/mol. The second-order valence-electron chi connectivity index (χ2n) is 9.51. The van der Waals surface area contributed by atoms with E-state index in [0.717, 1.165) is 16.8 Å². The van der Waals surface area contributed by atoms with Gasteiger partial charge in [-0.05, 0) is 44.4 Å². The number of thiophene rings is 1. The monoisotopic (exact) mass is 585 g/mol. The number of fused-ring (bicyclic) bond motifs is 1. The number of carbonyl (C=O) groups excluding carboxylic acids is 2. The van der Waals surface area contributed by atoms with E-state index in [1.54, 1.807) is 14.0 Å². The first-order chi connectivity index (χ1) is 18.6. The first-order valence-electron chi connectivity index (χ1n) is 11.9. The molecule has 1 aliphatic rings. The first-order valence-corrected chi connectivity index (χ1v) is 12.7. The summed E-state index contributed by atoms with van der Waals surface area (Å²) < 4.78 is 83.8. The van der Waals surface area contributed by atoms with Crippen LogP contribution in [0, 0.1) is 6.92 Å². The van der Waals surface area contributed by atoms with Crippen LogP contribution in [0.2, 0.25) is 0 Å². The minimum atomic E-state index is -4.83. The van der Waals surface area contributed by atoms with Crippen LogP contribution in [0.25, 0.3) is 21.3 Å². The van der Waals surface area contributed by atoms with Crippen molar-refractivity contribution in [3.8, 4) is 11.1 Å². The highest BCUT2D eigenvalue weighted by molar-refractivity contribution is 7.21. The van der Waals surface area contributed by atoms with Gasteiger partial charge in [-0.1, -0.05) is 0 Å². The van der Waals surface area contributed by atoms with Crippen LogP contribution in [0.5, 0.6) is 0 Å². The Hall–Kier alpha value is -3.95. The first kappa shape index (κ1) is 27.6. The summed E-state index contributed by atoms with van der Waals surface area (Å²) in [5.41, 5.74) is 3.96. The summed E-state index contributed by atoms with van der Waals surface area (Å²) in [5, 5.41) is 10.2. The lowest BCUT2D eigenvalue weighted by atomic mass is 10.0. The van der Waals surface area contributed by atoms with E-state index in [2.05, 4.69) is 20.5 Å². The van der Waals surface area contributed by atoms with Gasteiger partial charge in [-0.3, -0.25) is 19.0 Å². The van der Waals surface area contributed by atoms with Gasteiger partial charge in [0.25, 0.3) is 5.91 Å². The number of aromatic nitrogens is 5. The molecule has 4 heterocycles. The minimum absolute atomic E-state index is 0.00764. The number of hydrogen-bond acceptors (Lipinski definition) is 6. The summed E-state index contributed by atoms with van der Waals surface area (Å²) in [6.07, 6.45) is -6.95. The number of amides is 2. The number of nitrogens with zero attached hydrogens (tertiary/aromatic N) is 5. The van der Waals surface area contributed by atoms with Gasteiger partial charge < -0.3 is 11.1 Å². The van der Waals surface area contributed by atoms with Crippen molar-refractivity contribution in [3.05, 3.63) is 46.0 Å². The number of primary amides is 1. The molecule has 1 aliphatic carbocycles. The molecule has 4 aromatic rings. The lowest BCUT2D eigenvalue weighted by Crippen LogP contribution is -2.27. The Balaban J connectivity index is 1.65. The maximum Gasteiger partial charge on any atom is 0.435 e. The Kier molecular flexibility index (Phi) is 6.43. The smallest absolute Gasteiger partial charge is 0.365 e. The van der Waals surface area contributed by atoms with E-state index in [0.29, 0.717) is 29.9 Å². The lowest BCUT2D eigenvalue weighted by molar-refractivity contribution is -0.142. The van der Waals surface area contributed by atoms with Crippen molar-refractivity contribution in [2.45, 2.75) is 51.0 Å². The van der Waals surface area contributed by atoms with Gasteiger partial charge >= 0.3 is 12.4 Å². The van der Waals surface area contributed by atoms with Crippen molar-refractivity contribution in [2.24, 2.45) is 12.8 Å². The van der Waals surface area contributed by atoms with Crippen molar-refractivity contribution in [3.63, 3.8) is 0 Å². The van der Waals surface area contributed by atoms with Crippen molar-refractivity contribution in [1.82, 2.24) is 24.5 Å². The fraction of sp³-hybridized carbons (Fsp3) is 0.375. The van der Waals surface area contributed by atoms with Crippen LogP contribution >= 0.6 is 11.3 Å². The molecule has 16 heteroatoms. The normalized spacial score (nSPS) is 15.0. The molecule has 9 nitrogen and oxygen atoms in total. The number of aryl methyl sites for hydroxylation is 1. The van der Waals surface area contributed by atoms with E-state index >= 15 is 0 Å². The van der Waals surface area contributed by atoms with E-state index in [4.69, 9.17) is 5.73 Å². The molecule has 3 N–H and O–H groups in total. The molecule has 0 spiro atoms. The highest BCUT2D eigenvalue weighted by atomic mass is 32.1. The largest absolute Gasteiger partial charge is 0.435 e. The van der Waals surface area contributed by atoms with E-state index in [9.17, 15) is 35.9 Å². The zero-order valence-corrected chi connectivity index (χ0v) is 21.9. The van der Waals surface area contributed by atoms with Gasteiger partial charge in [-0.25, -0.2) is 4.98 Å². The summed E-state index contributed by atoms with van der Waals surface area (Å²) in [4.78, 5) is 29.0. The van der Waals surface area contributed by atoms with Crippen LogP contribution in [0.15, 0.2) is 18.3 Å². The van der Waals surface area contributed by atoms with Crippen LogP contribution in [-0.4, -0.2) is 36.4 Å². The number of rotatable bonds is 6. The zero-order chi connectivity index (χ0) is 29.3. The Morgan fingerprint density at radius 3 is 2.27 bits per heavy atom. The summed E-state index contributed by atoms with van der Waals surface area (Å²) in [6, 6.07) is 0.424. The van der Waals surface area contributed by atoms with Crippen LogP contribution in [0.4, 0.5) is 32.0 Å². The molecule has 2 amide bonds. The molecule has 0 aliphatic heterocycles. The molecule has 1 atom stereocenters. The molecule has 1 saturated carbocycles. The molecule has 1 unspecified atom stereocenters. The number of hydrogen-bond donors (Lipinski definition) is 2.